The maximum Gasteiger partial charge on any atom is 0.310 e. The smallest absolute Gasteiger partial charge is 0.310 e. The number of aliphatic carboxylic acids is 1. The fraction of sp³-hybridized carbons (Fsp3) is 0.650. The molecule has 0 radical (unpaired) electrons. The van der Waals surface area contributed by atoms with Gasteiger partial charge in [-0.1, -0.05) is 19.8 Å². The number of nitrogens with two attached hydrogens (primary N) is 1. The van der Waals surface area contributed by atoms with Gasteiger partial charge in [0, 0.05) is 4.88 Å². The molecule has 2 bridgehead atoms. The SMILES string of the molecule is CCC[C@@H]1CCc2c(sc(NC(=O)[C@H]3[C@H](C(=O)O)[C@H]4CC[C@H]3O4)c2C(N)=O)C1. The number of carboxylic acid groups (broad SMARTS) is 1. The minimum Gasteiger partial charge on any atom is -0.481 e. The molecule has 2 amide bonds. The molecular formula is C20H26N2O5S. The lowest BCUT2D eigenvalue weighted by Crippen LogP contribution is -2.41. The summed E-state index contributed by atoms with van der Waals surface area (Å²) in [5.74, 6) is -2.90. The molecule has 7 nitrogen and oxygen atoms in total. The van der Waals surface area contributed by atoms with Crippen molar-refractivity contribution < 1.29 is 24.2 Å². The molecule has 3 heterocycles. The van der Waals surface area contributed by atoms with Crippen molar-refractivity contribution in [1.82, 2.24) is 0 Å². The van der Waals surface area contributed by atoms with Gasteiger partial charge >= 0.3 is 5.97 Å². The lowest BCUT2D eigenvalue weighted by atomic mass is 9.78. The lowest BCUT2D eigenvalue weighted by molar-refractivity contribution is -0.147. The Kier molecular flexibility index (Phi) is 5.18. The number of carbonyl (C=O) groups is 3. The van der Waals surface area contributed by atoms with Crippen LogP contribution in [0.15, 0.2) is 0 Å². The van der Waals surface area contributed by atoms with Crippen molar-refractivity contribution in [3.05, 3.63) is 16.0 Å². The first kappa shape index (κ1) is 19.4. The van der Waals surface area contributed by atoms with Crippen LogP contribution in [0.2, 0.25) is 0 Å². The number of anilines is 1. The standard InChI is InChI=1S/C20H26N2O5S/c1-2-3-9-4-5-10-13(8-9)28-19(14(10)17(21)23)22-18(24)15-11-6-7-12(27-11)16(15)20(25)26/h9,11-12,15-16H,2-8H2,1H3,(H2,21,23)(H,22,24)(H,25,26)/t9-,11-,12-,15-,16-/m1/s1. The quantitative estimate of drug-likeness (QED) is 0.671. The number of amides is 2. The number of carboxylic acids is 1. The summed E-state index contributed by atoms with van der Waals surface area (Å²) in [7, 11) is 0. The maximum absolute atomic E-state index is 13.0. The Morgan fingerprint density at radius 1 is 1.21 bits per heavy atom. The first-order valence-electron chi connectivity index (χ1n) is 10.0. The van der Waals surface area contributed by atoms with E-state index in [2.05, 4.69) is 12.2 Å². The van der Waals surface area contributed by atoms with Crippen LogP contribution in [0.5, 0.6) is 0 Å². The van der Waals surface area contributed by atoms with E-state index < -0.39 is 29.8 Å². The summed E-state index contributed by atoms with van der Waals surface area (Å²) in [5.41, 5.74) is 7.00. The zero-order valence-corrected chi connectivity index (χ0v) is 16.7. The third-order valence-electron chi connectivity index (χ3n) is 6.41. The van der Waals surface area contributed by atoms with Gasteiger partial charge in [0.05, 0.1) is 29.6 Å². The molecule has 1 aromatic rings. The van der Waals surface area contributed by atoms with Gasteiger partial charge in [0.1, 0.15) is 5.00 Å². The van der Waals surface area contributed by atoms with E-state index in [1.54, 1.807) is 0 Å². The predicted molar refractivity (Wildman–Crippen MR) is 104 cm³/mol. The van der Waals surface area contributed by atoms with E-state index in [0.717, 1.165) is 42.5 Å². The normalized spacial score (nSPS) is 30.8. The van der Waals surface area contributed by atoms with Gasteiger partial charge in [0.2, 0.25) is 5.91 Å². The number of hydrogen-bond donors (Lipinski definition) is 3. The van der Waals surface area contributed by atoms with E-state index >= 15 is 0 Å². The number of carbonyl (C=O) groups excluding carboxylic acids is 2. The van der Waals surface area contributed by atoms with Crippen LogP contribution in [0.25, 0.3) is 0 Å². The third-order valence-corrected chi connectivity index (χ3v) is 7.58. The van der Waals surface area contributed by atoms with Gasteiger partial charge in [0.15, 0.2) is 0 Å². The van der Waals surface area contributed by atoms with Gasteiger partial charge in [-0.2, -0.15) is 0 Å². The second kappa shape index (κ2) is 7.48. The van der Waals surface area contributed by atoms with Crippen LogP contribution in [-0.4, -0.2) is 35.1 Å². The largest absolute Gasteiger partial charge is 0.481 e. The maximum atomic E-state index is 13.0. The number of thiophene rings is 1. The van der Waals surface area contributed by atoms with E-state index in [1.165, 1.54) is 11.3 Å². The highest BCUT2D eigenvalue weighted by Gasteiger charge is 2.55. The van der Waals surface area contributed by atoms with Crippen molar-refractivity contribution in [2.75, 3.05) is 5.32 Å². The summed E-state index contributed by atoms with van der Waals surface area (Å²) in [4.78, 5) is 37.9. The van der Waals surface area contributed by atoms with Crippen LogP contribution in [0.4, 0.5) is 5.00 Å². The minimum absolute atomic E-state index is 0.369. The number of primary amides is 1. The highest BCUT2D eigenvalue weighted by Crippen LogP contribution is 2.45. The molecule has 2 saturated heterocycles. The zero-order chi connectivity index (χ0) is 20.0. The molecule has 28 heavy (non-hydrogen) atoms. The van der Waals surface area contributed by atoms with Crippen LogP contribution in [0, 0.1) is 17.8 Å². The van der Waals surface area contributed by atoms with E-state index in [-0.39, 0.29) is 12.0 Å². The van der Waals surface area contributed by atoms with Gasteiger partial charge in [-0.05, 0) is 43.6 Å². The average Bonchev–Trinajstić information content (AvgIpc) is 3.33. The highest BCUT2D eigenvalue weighted by molar-refractivity contribution is 7.17. The van der Waals surface area contributed by atoms with Crippen LogP contribution >= 0.6 is 11.3 Å². The minimum atomic E-state index is -1.00. The van der Waals surface area contributed by atoms with Gasteiger partial charge < -0.3 is 20.9 Å². The van der Waals surface area contributed by atoms with E-state index in [9.17, 15) is 19.5 Å². The molecule has 0 spiro atoms. The fourth-order valence-corrected chi connectivity index (χ4v) is 6.55. The number of rotatable bonds is 6. The number of hydrogen-bond acceptors (Lipinski definition) is 5. The van der Waals surface area contributed by atoms with E-state index in [1.807, 2.05) is 0 Å². The molecule has 5 atom stereocenters. The summed E-state index contributed by atoms with van der Waals surface area (Å²) in [6, 6.07) is 0. The van der Waals surface area contributed by atoms with Crippen molar-refractivity contribution >= 4 is 34.1 Å². The van der Waals surface area contributed by atoms with Crippen molar-refractivity contribution in [3.8, 4) is 0 Å². The molecule has 0 aromatic carbocycles. The Balaban J connectivity index is 1.59. The molecule has 0 unspecified atom stereocenters. The molecule has 2 aliphatic heterocycles. The molecule has 152 valence electrons. The van der Waals surface area contributed by atoms with Gasteiger partial charge in [-0.15, -0.1) is 11.3 Å². The molecule has 1 aliphatic carbocycles. The highest BCUT2D eigenvalue weighted by atomic mass is 32.1. The van der Waals surface area contributed by atoms with Gasteiger partial charge in [0.25, 0.3) is 5.91 Å². The first-order chi connectivity index (χ1) is 13.4. The van der Waals surface area contributed by atoms with Gasteiger partial charge in [-0.25, -0.2) is 0 Å². The summed E-state index contributed by atoms with van der Waals surface area (Å²) < 4.78 is 5.69. The molecular weight excluding hydrogens is 380 g/mol. The molecule has 1 aromatic heterocycles. The first-order valence-corrected chi connectivity index (χ1v) is 10.9. The van der Waals surface area contributed by atoms with Crippen LogP contribution < -0.4 is 11.1 Å². The molecule has 4 N–H and O–H groups in total. The average molecular weight is 407 g/mol. The summed E-state index contributed by atoms with van der Waals surface area (Å²) >= 11 is 1.42. The van der Waals surface area contributed by atoms with Crippen LogP contribution in [0.3, 0.4) is 0 Å². The Morgan fingerprint density at radius 3 is 2.57 bits per heavy atom. The molecule has 8 heteroatoms. The Bertz CT molecular complexity index is 820. The zero-order valence-electron chi connectivity index (χ0n) is 15.9. The second-order valence-corrected chi connectivity index (χ2v) is 9.24. The third kappa shape index (κ3) is 3.22. The summed E-state index contributed by atoms with van der Waals surface area (Å²) in [6.07, 6.45) is 5.57. The number of ether oxygens (including phenoxy) is 1. The molecule has 2 fully saturated rings. The predicted octanol–water partition coefficient (Wildman–Crippen LogP) is 2.57. The van der Waals surface area contributed by atoms with Crippen molar-refractivity contribution in [2.45, 2.75) is 64.1 Å². The van der Waals surface area contributed by atoms with E-state index in [4.69, 9.17) is 10.5 Å². The van der Waals surface area contributed by atoms with Crippen LogP contribution in [0.1, 0.15) is 59.8 Å². The Hall–Kier alpha value is -1.93. The number of fused-ring (bicyclic) bond motifs is 3. The van der Waals surface area contributed by atoms with Crippen LogP contribution in [-0.2, 0) is 27.2 Å². The van der Waals surface area contributed by atoms with Crippen molar-refractivity contribution in [3.63, 3.8) is 0 Å². The lowest BCUT2D eigenvalue weighted by Gasteiger charge is -2.23. The topological polar surface area (TPSA) is 119 Å². The number of nitrogens with one attached hydrogen (secondary N) is 1. The molecule has 4 rings (SSSR count). The van der Waals surface area contributed by atoms with Crippen molar-refractivity contribution in [2.24, 2.45) is 23.5 Å². The van der Waals surface area contributed by atoms with Gasteiger partial charge in [-0.3, -0.25) is 14.4 Å². The monoisotopic (exact) mass is 406 g/mol. The second-order valence-electron chi connectivity index (χ2n) is 8.14. The van der Waals surface area contributed by atoms with E-state index in [0.29, 0.717) is 29.3 Å². The fourth-order valence-electron chi connectivity index (χ4n) is 5.18. The summed E-state index contributed by atoms with van der Waals surface area (Å²) in [6.45, 7) is 2.17. The Labute approximate surface area is 167 Å². The van der Waals surface area contributed by atoms with Crippen molar-refractivity contribution in [1.29, 1.82) is 0 Å². The Morgan fingerprint density at radius 2 is 1.93 bits per heavy atom. The summed E-state index contributed by atoms with van der Waals surface area (Å²) in [5, 5.41) is 12.9. The molecule has 3 aliphatic rings. The molecule has 0 saturated carbocycles.